The molecule has 0 radical (unpaired) electrons. The number of thioether (sulfide) groups is 1. The minimum Gasteiger partial charge on any atom is -0.356 e. The normalized spacial score (nSPS) is 11.8. The molecule has 0 saturated heterocycles. The highest BCUT2D eigenvalue weighted by Crippen LogP contribution is 1.87. The summed E-state index contributed by atoms with van der Waals surface area (Å²) in [6, 6.07) is 0. The number of nitrogens with one attached hydrogen (secondary N) is 2. The van der Waals surface area contributed by atoms with Crippen LogP contribution < -0.4 is 10.6 Å². The predicted molar refractivity (Wildman–Crippen MR) is 82.9 cm³/mol. The zero-order valence-corrected chi connectivity index (χ0v) is 13.8. The van der Waals surface area contributed by atoms with Crippen LogP contribution in [0, 0.1) is 0 Å². The summed E-state index contributed by atoms with van der Waals surface area (Å²) in [5, 5.41) is 6.02. The lowest BCUT2D eigenvalue weighted by atomic mass is 10.6. The molecule has 0 aliphatic carbocycles. The lowest BCUT2D eigenvalue weighted by molar-refractivity contribution is 0.600. The molecule has 0 saturated carbocycles. The maximum atomic E-state index is 10.9. The van der Waals surface area contributed by atoms with Crippen molar-refractivity contribution in [3.63, 3.8) is 0 Å². The molecule has 0 aromatic carbocycles. The summed E-state index contributed by atoms with van der Waals surface area (Å²) in [4.78, 5) is 3.97. The van der Waals surface area contributed by atoms with Crippen molar-refractivity contribution < 1.29 is 8.42 Å². The summed E-state index contributed by atoms with van der Waals surface area (Å²) in [6.07, 6.45) is 3.25. The van der Waals surface area contributed by atoms with Gasteiger partial charge in [-0.1, -0.05) is 0 Å². The van der Waals surface area contributed by atoms with Gasteiger partial charge in [-0.15, -0.1) is 24.0 Å². The van der Waals surface area contributed by atoms with Gasteiger partial charge < -0.3 is 10.6 Å². The molecule has 0 aliphatic rings. The molecule has 2 N–H and O–H groups in total. The second-order valence-electron chi connectivity index (χ2n) is 3.05. The highest BCUT2D eigenvalue weighted by molar-refractivity contribution is 14.0. The van der Waals surface area contributed by atoms with E-state index >= 15 is 0 Å². The predicted octanol–water partition coefficient (Wildman–Crippen LogP) is 0.177. The Labute approximate surface area is 119 Å². The zero-order chi connectivity index (χ0) is 11.7. The molecule has 0 aromatic heterocycles. The molecule has 16 heavy (non-hydrogen) atoms. The lowest BCUT2D eigenvalue weighted by Crippen LogP contribution is -2.40. The standard InChI is InChI=1S/C8H19N3O2S2.HI/c1-9-8(10-4-6-14-2)11-5-7-15(3,12)13;/h4-7H2,1-3H3,(H2,9,10,11);1H. The van der Waals surface area contributed by atoms with Gasteiger partial charge in [-0.3, -0.25) is 4.99 Å². The van der Waals surface area contributed by atoms with E-state index < -0.39 is 9.84 Å². The van der Waals surface area contributed by atoms with Gasteiger partial charge in [-0.05, 0) is 6.26 Å². The van der Waals surface area contributed by atoms with E-state index in [0.29, 0.717) is 12.5 Å². The molecule has 0 fully saturated rings. The van der Waals surface area contributed by atoms with Gasteiger partial charge in [0.2, 0.25) is 0 Å². The molecular weight excluding hydrogens is 361 g/mol. The van der Waals surface area contributed by atoms with E-state index in [1.807, 2.05) is 6.26 Å². The van der Waals surface area contributed by atoms with Crippen LogP contribution in [0.3, 0.4) is 0 Å². The van der Waals surface area contributed by atoms with Crippen LogP contribution in [-0.2, 0) is 9.84 Å². The van der Waals surface area contributed by atoms with Crippen LogP contribution in [0.5, 0.6) is 0 Å². The van der Waals surface area contributed by atoms with E-state index in [1.165, 1.54) is 6.26 Å². The Balaban J connectivity index is 0. The van der Waals surface area contributed by atoms with Crippen molar-refractivity contribution in [1.82, 2.24) is 10.6 Å². The van der Waals surface area contributed by atoms with Crippen LogP contribution in [0.25, 0.3) is 0 Å². The van der Waals surface area contributed by atoms with Gasteiger partial charge in [0.15, 0.2) is 5.96 Å². The fraction of sp³-hybridized carbons (Fsp3) is 0.875. The highest BCUT2D eigenvalue weighted by Gasteiger charge is 2.02. The van der Waals surface area contributed by atoms with Gasteiger partial charge in [-0.25, -0.2) is 8.42 Å². The van der Waals surface area contributed by atoms with Gasteiger partial charge in [0.05, 0.1) is 5.75 Å². The number of halogens is 1. The molecule has 0 bridgehead atoms. The van der Waals surface area contributed by atoms with Crippen molar-refractivity contribution in [3.8, 4) is 0 Å². The average Bonchev–Trinajstić information content (AvgIpc) is 2.14. The van der Waals surface area contributed by atoms with E-state index in [0.717, 1.165) is 12.3 Å². The van der Waals surface area contributed by atoms with E-state index in [-0.39, 0.29) is 29.7 Å². The van der Waals surface area contributed by atoms with Crippen LogP contribution in [0.2, 0.25) is 0 Å². The molecule has 0 spiro atoms. The molecule has 0 atom stereocenters. The molecule has 0 aliphatic heterocycles. The summed E-state index contributed by atoms with van der Waals surface area (Å²) in [5.41, 5.74) is 0. The SMILES string of the molecule is CN=C(NCCSC)NCCS(C)(=O)=O.I. The first kappa shape index (κ1) is 18.7. The summed E-state index contributed by atoms with van der Waals surface area (Å²) >= 11 is 1.74. The van der Waals surface area contributed by atoms with E-state index in [1.54, 1.807) is 18.8 Å². The molecule has 0 aromatic rings. The van der Waals surface area contributed by atoms with Crippen molar-refractivity contribution >= 4 is 51.5 Å². The third-order valence-electron chi connectivity index (χ3n) is 1.59. The molecule has 0 heterocycles. The topological polar surface area (TPSA) is 70.6 Å². The largest absolute Gasteiger partial charge is 0.356 e. The first-order valence-corrected chi connectivity index (χ1v) is 8.06. The molecule has 5 nitrogen and oxygen atoms in total. The zero-order valence-electron chi connectivity index (χ0n) is 9.82. The molecule has 0 rings (SSSR count). The number of aliphatic imine (C=N–C) groups is 1. The fourth-order valence-corrected chi connectivity index (χ4v) is 1.63. The molecular formula is C8H20IN3O2S2. The van der Waals surface area contributed by atoms with Crippen LogP contribution in [-0.4, -0.2) is 58.5 Å². The molecule has 8 heteroatoms. The van der Waals surface area contributed by atoms with Gasteiger partial charge in [-0.2, -0.15) is 11.8 Å². The maximum absolute atomic E-state index is 10.9. The Bertz CT molecular complexity index is 294. The minimum atomic E-state index is -2.90. The number of sulfone groups is 1. The second kappa shape index (κ2) is 10.5. The van der Waals surface area contributed by atoms with E-state index in [4.69, 9.17) is 0 Å². The Hall–Kier alpha value is 0.300. The van der Waals surface area contributed by atoms with Crippen LogP contribution in [0.15, 0.2) is 4.99 Å². The van der Waals surface area contributed by atoms with E-state index in [2.05, 4.69) is 15.6 Å². The number of rotatable bonds is 6. The first-order chi connectivity index (χ1) is 6.99. The smallest absolute Gasteiger partial charge is 0.191 e. The Morgan fingerprint density at radius 3 is 2.31 bits per heavy atom. The second-order valence-corrected chi connectivity index (χ2v) is 6.29. The summed E-state index contributed by atoms with van der Waals surface area (Å²) in [6.45, 7) is 1.21. The van der Waals surface area contributed by atoms with Crippen molar-refractivity contribution in [3.05, 3.63) is 0 Å². The number of hydrogen-bond acceptors (Lipinski definition) is 4. The average molecular weight is 381 g/mol. The summed E-state index contributed by atoms with van der Waals surface area (Å²) in [5.74, 6) is 1.76. The maximum Gasteiger partial charge on any atom is 0.191 e. The fourth-order valence-electron chi connectivity index (χ4n) is 0.847. The first-order valence-electron chi connectivity index (χ1n) is 4.61. The van der Waals surface area contributed by atoms with Gasteiger partial charge in [0, 0.05) is 32.1 Å². The molecule has 0 amide bonds. The third kappa shape index (κ3) is 12.4. The molecule has 0 unspecified atom stereocenters. The van der Waals surface area contributed by atoms with Crippen LogP contribution in [0.1, 0.15) is 0 Å². The monoisotopic (exact) mass is 381 g/mol. The summed E-state index contributed by atoms with van der Waals surface area (Å²) in [7, 11) is -1.24. The van der Waals surface area contributed by atoms with Crippen molar-refractivity contribution in [2.45, 2.75) is 0 Å². The summed E-state index contributed by atoms with van der Waals surface area (Å²) < 4.78 is 21.7. The van der Waals surface area contributed by atoms with E-state index in [9.17, 15) is 8.42 Å². The number of nitrogens with zero attached hydrogens (tertiary/aromatic N) is 1. The molecule has 98 valence electrons. The van der Waals surface area contributed by atoms with Crippen molar-refractivity contribution in [2.24, 2.45) is 4.99 Å². The van der Waals surface area contributed by atoms with Gasteiger partial charge in [0.25, 0.3) is 0 Å². The lowest BCUT2D eigenvalue weighted by Gasteiger charge is -2.10. The minimum absolute atomic E-state index is 0. The van der Waals surface area contributed by atoms with Crippen LogP contribution in [0.4, 0.5) is 0 Å². The van der Waals surface area contributed by atoms with Gasteiger partial charge in [0.1, 0.15) is 9.84 Å². The van der Waals surface area contributed by atoms with Crippen molar-refractivity contribution in [1.29, 1.82) is 0 Å². The van der Waals surface area contributed by atoms with Crippen LogP contribution >= 0.6 is 35.7 Å². The Morgan fingerprint density at radius 2 is 1.88 bits per heavy atom. The highest BCUT2D eigenvalue weighted by atomic mass is 127. The quantitative estimate of drug-likeness (QED) is 0.297. The van der Waals surface area contributed by atoms with Crippen molar-refractivity contribution in [2.75, 3.05) is 44.2 Å². The van der Waals surface area contributed by atoms with Gasteiger partial charge >= 0.3 is 0 Å². The third-order valence-corrected chi connectivity index (χ3v) is 3.15. The number of guanidine groups is 1. The number of hydrogen-bond donors (Lipinski definition) is 2. The Kier molecular flexibility index (Phi) is 12.2. The Morgan fingerprint density at radius 1 is 1.31 bits per heavy atom.